The summed E-state index contributed by atoms with van der Waals surface area (Å²) in [5.41, 5.74) is 3.13. The summed E-state index contributed by atoms with van der Waals surface area (Å²) in [4.78, 5) is 14.5. The average molecular weight is 346 g/mol. The van der Waals surface area contributed by atoms with E-state index in [4.69, 9.17) is 0 Å². The van der Waals surface area contributed by atoms with Gasteiger partial charge >= 0.3 is 0 Å². The number of amides is 1. The quantitative estimate of drug-likeness (QED) is 0.783. The van der Waals surface area contributed by atoms with Crippen LogP contribution in [0.4, 0.5) is 0 Å². The summed E-state index contributed by atoms with van der Waals surface area (Å²) in [6.45, 7) is 5.49. The Hall–Kier alpha value is -1.61. The Morgan fingerprint density at radius 3 is 2.48 bits per heavy atom. The van der Waals surface area contributed by atoms with Crippen molar-refractivity contribution in [3.63, 3.8) is 0 Å². The third-order valence-corrected chi connectivity index (χ3v) is 4.19. The van der Waals surface area contributed by atoms with Gasteiger partial charge in [-0.25, -0.2) is 0 Å². The molecule has 2 rings (SSSR count). The van der Waals surface area contributed by atoms with Gasteiger partial charge in [-0.2, -0.15) is 0 Å². The van der Waals surface area contributed by atoms with Crippen molar-refractivity contribution >= 4 is 21.8 Å². The molecule has 110 valence electrons. The Morgan fingerprint density at radius 2 is 1.86 bits per heavy atom. The molecule has 0 aliphatic carbocycles. The highest BCUT2D eigenvalue weighted by molar-refractivity contribution is 9.10. The number of hydrogen-bond acceptors (Lipinski definition) is 1. The van der Waals surface area contributed by atoms with E-state index >= 15 is 0 Å². The number of carbonyl (C=O) groups is 1. The maximum Gasteiger partial charge on any atom is 0.254 e. The Kier molecular flexibility index (Phi) is 5.57. The first-order valence-electron chi connectivity index (χ1n) is 7.21. The third-order valence-electron chi connectivity index (χ3n) is 3.54. The van der Waals surface area contributed by atoms with E-state index in [0.29, 0.717) is 6.54 Å². The number of carbonyl (C=O) groups excluding carboxylic acids is 1. The lowest BCUT2D eigenvalue weighted by Gasteiger charge is -2.21. The van der Waals surface area contributed by atoms with Crippen molar-refractivity contribution in [3.8, 4) is 0 Å². The van der Waals surface area contributed by atoms with Crippen molar-refractivity contribution in [2.45, 2.75) is 20.3 Å². The molecule has 0 atom stereocenters. The molecule has 0 radical (unpaired) electrons. The first kappa shape index (κ1) is 15.8. The van der Waals surface area contributed by atoms with Gasteiger partial charge in [0, 0.05) is 17.6 Å². The molecule has 0 spiro atoms. The van der Waals surface area contributed by atoms with Crippen molar-refractivity contribution in [1.82, 2.24) is 4.90 Å². The van der Waals surface area contributed by atoms with E-state index in [-0.39, 0.29) is 5.91 Å². The number of rotatable bonds is 5. The molecule has 0 heterocycles. The zero-order chi connectivity index (χ0) is 15.2. The minimum Gasteiger partial charge on any atom is -0.339 e. The average Bonchev–Trinajstić information content (AvgIpc) is 2.48. The lowest BCUT2D eigenvalue weighted by atomic mass is 10.1. The zero-order valence-electron chi connectivity index (χ0n) is 12.5. The molecule has 2 aromatic rings. The molecule has 1 amide bonds. The molecule has 0 unspecified atom stereocenters. The number of aryl methyl sites for hydroxylation is 1. The molecule has 0 fully saturated rings. The van der Waals surface area contributed by atoms with Gasteiger partial charge < -0.3 is 4.90 Å². The fraction of sp³-hybridized carbons (Fsp3) is 0.278. The zero-order valence-corrected chi connectivity index (χ0v) is 14.1. The maximum atomic E-state index is 12.6. The van der Waals surface area contributed by atoms with E-state index in [1.54, 1.807) is 0 Å². The molecule has 0 N–H and O–H groups in total. The van der Waals surface area contributed by atoms with Crippen LogP contribution in [0.2, 0.25) is 0 Å². The van der Waals surface area contributed by atoms with Crippen LogP contribution in [-0.2, 0) is 6.42 Å². The summed E-state index contributed by atoms with van der Waals surface area (Å²) in [6.07, 6.45) is 0.879. The van der Waals surface area contributed by atoms with E-state index in [1.165, 1.54) is 5.56 Å². The second-order valence-corrected chi connectivity index (χ2v) is 5.96. The monoisotopic (exact) mass is 345 g/mol. The van der Waals surface area contributed by atoms with Gasteiger partial charge in [-0.3, -0.25) is 4.79 Å². The highest BCUT2D eigenvalue weighted by Gasteiger charge is 2.16. The van der Waals surface area contributed by atoms with Gasteiger partial charge in [-0.1, -0.05) is 36.4 Å². The predicted octanol–water partition coefficient (Wildman–Crippen LogP) is 4.46. The summed E-state index contributed by atoms with van der Waals surface area (Å²) in [5, 5.41) is 0. The molecule has 0 aliphatic rings. The molecule has 0 aromatic heterocycles. The summed E-state index contributed by atoms with van der Waals surface area (Å²) in [5.74, 6) is 0.0836. The van der Waals surface area contributed by atoms with Gasteiger partial charge in [0.25, 0.3) is 5.91 Å². The molecule has 2 nitrogen and oxygen atoms in total. The van der Waals surface area contributed by atoms with Crippen molar-refractivity contribution < 1.29 is 4.79 Å². The third kappa shape index (κ3) is 4.18. The van der Waals surface area contributed by atoms with Crippen LogP contribution >= 0.6 is 15.9 Å². The van der Waals surface area contributed by atoms with Crippen molar-refractivity contribution in [1.29, 1.82) is 0 Å². The number of likely N-dealkylation sites (N-methyl/N-ethyl adjacent to an activating group) is 1. The maximum absolute atomic E-state index is 12.6. The Morgan fingerprint density at radius 1 is 1.14 bits per heavy atom. The van der Waals surface area contributed by atoms with Crippen molar-refractivity contribution in [2.24, 2.45) is 0 Å². The molecular weight excluding hydrogens is 326 g/mol. The number of halogens is 1. The molecule has 0 aliphatic heterocycles. The van der Waals surface area contributed by atoms with Gasteiger partial charge in [-0.15, -0.1) is 0 Å². The van der Waals surface area contributed by atoms with Crippen LogP contribution in [-0.4, -0.2) is 23.9 Å². The normalized spacial score (nSPS) is 10.4. The topological polar surface area (TPSA) is 20.3 Å². The Labute approximate surface area is 134 Å². The Balaban J connectivity index is 2.08. The lowest BCUT2D eigenvalue weighted by molar-refractivity contribution is 0.0765. The van der Waals surface area contributed by atoms with Gasteiger partial charge in [0.1, 0.15) is 0 Å². The van der Waals surface area contributed by atoms with Crippen LogP contribution in [0.1, 0.15) is 28.4 Å². The van der Waals surface area contributed by atoms with E-state index in [0.717, 1.165) is 28.6 Å². The van der Waals surface area contributed by atoms with Crippen LogP contribution in [0.5, 0.6) is 0 Å². The highest BCUT2D eigenvalue weighted by Crippen LogP contribution is 2.20. The molecular formula is C18H20BrNO. The SMILES string of the molecule is CCN(CCc1ccccc1)C(=O)c1ccc(C)cc1Br. The number of hydrogen-bond donors (Lipinski definition) is 0. The molecule has 3 heteroatoms. The van der Waals surface area contributed by atoms with E-state index in [2.05, 4.69) is 28.1 Å². The smallest absolute Gasteiger partial charge is 0.254 e. The summed E-state index contributed by atoms with van der Waals surface area (Å²) < 4.78 is 0.866. The molecule has 0 saturated heterocycles. The summed E-state index contributed by atoms with van der Waals surface area (Å²) in [6, 6.07) is 16.1. The van der Waals surface area contributed by atoms with Crippen LogP contribution in [0.15, 0.2) is 53.0 Å². The minimum atomic E-state index is 0.0836. The number of nitrogens with zero attached hydrogens (tertiary/aromatic N) is 1. The van der Waals surface area contributed by atoms with Crippen molar-refractivity contribution in [2.75, 3.05) is 13.1 Å². The first-order valence-corrected chi connectivity index (χ1v) is 8.00. The van der Waals surface area contributed by atoms with Crippen LogP contribution in [0.25, 0.3) is 0 Å². The number of benzene rings is 2. The molecule has 2 aromatic carbocycles. The molecule has 21 heavy (non-hydrogen) atoms. The second kappa shape index (κ2) is 7.41. The van der Waals surface area contributed by atoms with Crippen LogP contribution in [0.3, 0.4) is 0 Å². The van der Waals surface area contributed by atoms with Crippen molar-refractivity contribution in [3.05, 3.63) is 69.7 Å². The standard InChI is InChI=1S/C18H20BrNO/c1-3-20(12-11-15-7-5-4-6-8-15)18(21)16-10-9-14(2)13-17(16)19/h4-10,13H,3,11-12H2,1-2H3. The second-order valence-electron chi connectivity index (χ2n) is 5.10. The molecule has 0 bridgehead atoms. The van der Waals surface area contributed by atoms with Gasteiger partial charge in [0.05, 0.1) is 5.56 Å². The van der Waals surface area contributed by atoms with Crippen LogP contribution < -0.4 is 0 Å². The highest BCUT2D eigenvalue weighted by atomic mass is 79.9. The van der Waals surface area contributed by atoms with E-state index in [1.807, 2.05) is 55.1 Å². The summed E-state index contributed by atoms with van der Waals surface area (Å²) in [7, 11) is 0. The van der Waals surface area contributed by atoms with Gasteiger partial charge in [-0.05, 0) is 59.5 Å². The predicted molar refractivity (Wildman–Crippen MR) is 90.6 cm³/mol. The minimum absolute atomic E-state index is 0.0836. The van der Waals surface area contributed by atoms with Gasteiger partial charge in [0.2, 0.25) is 0 Å². The fourth-order valence-electron chi connectivity index (χ4n) is 2.28. The lowest BCUT2D eigenvalue weighted by Crippen LogP contribution is -2.33. The van der Waals surface area contributed by atoms with E-state index < -0.39 is 0 Å². The van der Waals surface area contributed by atoms with Crippen LogP contribution in [0, 0.1) is 6.92 Å². The first-order chi connectivity index (χ1) is 10.1. The van der Waals surface area contributed by atoms with Gasteiger partial charge in [0.15, 0.2) is 0 Å². The largest absolute Gasteiger partial charge is 0.339 e. The molecule has 0 saturated carbocycles. The fourth-order valence-corrected chi connectivity index (χ4v) is 2.94. The Bertz CT molecular complexity index is 610. The summed E-state index contributed by atoms with van der Waals surface area (Å²) >= 11 is 3.49. The van der Waals surface area contributed by atoms with E-state index in [9.17, 15) is 4.79 Å².